The molecule has 1 fully saturated rings. The molecule has 1 aliphatic rings. The molecule has 1 nitrogen and oxygen atoms in total. The zero-order valence-corrected chi connectivity index (χ0v) is 12.8. The topological polar surface area (TPSA) is 9.23 Å². The van der Waals surface area contributed by atoms with Crippen LogP contribution in [0, 0.1) is 5.92 Å². The predicted molar refractivity (Wildman–Crippen MR) is 85.9 cm³/mol. The molecule has 0 amide bonds. The fourth-order valence-electron chi connectivity index (χ4n) is 3.39. The van der Waals surface area contributed by atoms with Crippen molar-refractivity contribution in [2.45, 2.75) is 57.5 Å². The van der Waals surface area contributed by atoms with E-state index >= 15 is 0 Å². The lowest BCUT2D eigenvalue weighted by atomic mass is 9.77. The van der Waals surface area contributed by atoms with Crippen LogP contribution >= 0.6 is 0 Å². The SMILES string of the molecule is C=CCCC[C@H]1CC[C@H](c2ccc(COC)cc2)CC1. The number of ether oxygens (including phenoxy) is 1. The Balaban J connectivity index is 1.79. The van der Waals surface area contributed by atoms with Crippen molar-refractivity contribution in [1.82, 2.24) is 0 Å². The third-order valence-electron chi connectivity index (χ3n) is 4.63. The number of benzene rings is 1. The van der Waals surface area contributed by atoms with Crippen molar-refractivity contribution >= 4 is 0 Å². The Morgan fingerprint density at radius 3 is 2.45 bits per heavy atom. The van der Waals surface area contributed by atoms with E-state index in [2.05, 4.69) is 30.8 Å². The number of rotatable bonds is 7. The van der Waals surface area contributed by atoms with Crippen LogP contribution in [-0.4, -0.2) is 7.11 Å². The maximum absolute atomic E-state index is 5.17. The van der Waals surface area contributed by atoms with Crippen molar-refractivity contribution in [1.29, 1.82) is 0 Å². The van der Waals surface area contributed by atoms with E-state index in [1.807, 2.05) is 6.08 Å². The predicted octanol–water partition coefficient (Wildman–Crippen LogP) is 5.46. The van der Waals surface area contributed by atoms with Crippen molar-refractivity contribution in [2.75, 3.05) is 7.11 Å². The van der Waals surface area contributed by atoms with Crippen LogP contribution in [0.3, 0.4) is 0 Å². The molecule has 0 atom stereocenters. The normalized spacial score (nSPS) is 22.6. The van der Waals surface area contributed by atoms with Gasteiger partial charge in [0.25, 0.3) is 0 Å². The molecule has 0 radical (unpaired) electrons. The van der Waals surface area contributed by atoms with Gasteiger partial charge in [-0.25, -0.2) is 0 Å². The van der Waals surface area contributed by atoms with E-state index in [1.54, 1.807) is 7.11 Å². The second-order valence-electron chi connectivity index (χ2n) is 6.11. The van der Waals surface area contributed by atoms with Gasteiger partial charge in [0.05, 0.1) is 6.61 Å². The number of allylic oxidation sites excluding steroid dienone is 1. The van der Waals surface area contributed by atoms with Crippen LogP contribution in [0.15, 0.2) is 36.9 Å². The summed E-state index contributed by atoms with van der Waals surface area (Å²) in [6.07, 6.45) is 11.5. The molecule has 1 saturated carbocycles. The molecular formula is C19H28O. The molecule has 1 heteroatoms. The fourth-order valence-corrected chi connectivity index (χ4v) is 3.39. The smallest absolute Gasteiger partial charge is 0.0713 e. The van der Waals surface area contributed by atoms with Gasteiger partial charge < -0.3 is 4.74 Å². The van der Waals surface area contributed by atoms with Crippen molar-refractivity contribution in [3.8, 4) is 0 Å². The van der Waals surface area contributed by atoms with Gasteiger partial charge in [0.15, 0.2) is 0 Å². The highest BCUT2D eigenvalue weighted by Crippen LogP contribution is 2.37. The molecule has 20 heavy (non-hydrogen) atoms. The number of unbranched alkanes of at least 4 members (excludes halogenated alkanes) is 1. The van der Waals surface area contributed by atoms with Gasteiger partial charge in [0.2, 0.25) is 0 Å². The van der Waals surface area contributed by atoms with Crippen LogP contribution in [0.1, 0.15) is 62.0 Å². The minimum absolute atomic E-state index is 0.719. The van der Waals surface area contributed by atoms with Crippen LogP contribution < -0.4 is 0 Å². The zero-order chi connectivity index (χ0) is 14.2. The molecule has 0 aliphatic heterocycles. The van der Waals surface area contributed by atoms with Gasteiger partial charge in [-0.15, -0.1) is 6.58 Å². The summed E-state index contributed by atoms with van der Waals surface area (Å²) in [7, 11) is 1.75. The Morgan fingerprint density at radius 2 is 1.85 bits per heavy atom. The molecule has 0 heterocycles. The second kappa shape index (κ2) is 8.26. The third kappa shape index (κ3) is 4.49. The zero-order valence-electron chi connectivity index (χ0n) is 12.8. The lowest BCUT2D eigenvalue weighted by Gasteiger charge is -2.29. The Kier molecular flexibility index (Phi) is 6.32. The highest BCUT2D eigenvalue weighted by atomic mass is 16.5. The summed E-state index contributed by atoms with van der Waals surface area (Å²) in [5.74, 6) is 1.74. The summed E-state index contributed by atoms with van der Waals surface area (Å²) in [5.41, 5.74) is 2.80. The summed E-state index contributed by atoms with van der Waals surface area (Å²) in [5, 5.41) is 0. The van der Waals surface area contributed by atoms with E-state index in [0.717, 1.165) is 18.4 Å². The number of hydrogen-bond donors (Lipinski definition) is 0. The van der Waals surface area contributed by atoms with Gasteiger partial charge >= 0.3 is 0 Å². The molecule has 0 bridgehead atoms. The van der Waals surface area contributed by atoms with E-state index in [1.165, 1.54) is 56.1 Å². The van der Waals surface area contributed by atoms with Crippen LogP contribution in [0.5, 0.6) is 0 Å². The lowest BCUT2D eigenvalue weighted by Crippen LogP contribution is -2.13. The van der Waals surface area contributed by atoms with E-state index in [9.17, 15) is 0 Å². The van der Waals surface area contributed by atoms with Crippen molar-refractivity contribution < 1.29 is 4.74 Å². The van der Waals surface area contributed by atoms with Crippen LogP contribution in [0.2, 0.25) is 0 Å². The average Bonchev–Trinajstić information content (AvgIpc) is 2.49. The molecule has 0 saturated heterocycles. The molecule has 0 aromatic heterocycles. The summed E-state index contributed by atoms with van der Waals surface area (Å²) in [4.78, 5) is 0. The fraction of sp³-hybridized carbons (Fsp3) is 0.579. The standard InChI is InChI=1S/C19H28O/c1-3-4-5-6-16-7-11-18(12-8-16)19-13-9-17(10-14-19)15-20-2/h3,9-10,13-14,16,18H,1,4-8,11-12,15H2,2H3/t16-,18-. The molecule has 1 aromatic carbocycles. The summed E-state index contributed by atoms with van der Waals surface area (Å²) in [6, 6.07) is 9.04. The van der Waals surface area contributed by atoms with Crippen LogP contribution in [-0.2, 0) is 11.3 Å². The van der Waals surface area contributed by atoms with Gasteiger partial charge in [-0.1, -0.05) is 36.8 Å². The Bertz CT molecular complexity index is 385. The van der Waals surface area contributed by atoms with E-state index in [0.29, 0.717) is 0 Å². The van der Waals surface area contributed by atoms with E-state index < -0.39 is 0 Å². The minimum Gasteiger partial charge on any atom is -0.380 e. The van der Waals surface area contributed by atoms with E-state index in [-0.39, 0.29) is 0 Å². The maximum atomic E-state index is 5.17. The Hall–Kier alpha value is -1.08. The molecule has 1 aliphatic carbocycles. The Morgan fingerprint density at radius 1 is 1.15 bits per heavy atom. The number of hydrogen-bond acceptors (Lipinski definition) is 1. The molecule has 0 spiro atoms. The van der Waals surface area contributed by atoms with E-state index in [4.69, 9.17) is 4.74 Å². The average molecular weight is 272 g/mol. The molecule has 0 unspecified atom stereocenters. The largest absolute Gasteiger partial charge is 0.380 e. The first kappa shape index (κ1) is 15.3. The van der Waals surface area contributed by atoms with Gasteiger partial charge in [0.1, 0.15) is 0 Å². The summed E-state index contributed by atoms with van der Waals surface area (Å²) in [6.45, 7) is 4.52. The quantitative estimate of drug-likeness (QED) is 0.473. The first-order valence-corrected chi connectivity index (χ1v) is 8.02. The molecule has 1 aromatic rings. The van der Waals surface area contributed by atoms with Gasteiger partial charge in [-0.2, -0.15) is 0 Å². The summed E-state index contributed by atoms with van der Waals surface area (Å²) < 4.78 is 5.17. The van der Waals surface area contributed by atoms with Gasteiger partial charge in [-0.05, 0) is 61.5 Å². The monoisotopic (exact) mass is 272 g/mol. The van der Waals surface area contributed by atoms with Gasteiger partial charge in [0, 0.05) is 7.11 Å². The van der Waals surface area contributed by atoms with Crippen LogP contribution in [0.4, 0.5) is 0 Å². The highest BCUT2D eigenvalue weighted by molar-refractivity contribution is 5.25. The van der Waals surface area contributed by atoms with Crippen molar-refractivity contribution in [3.05, 3.63) is 48.0 Å². The molecular weight excluding hydrogens is 244 g/mol. The Labute approximate surface area is 124 Å². The highest BCUT2D eigenvalue weighted by Gasteiger charge is 2.21. The first-order chi connectivity index (χ1) is 9.83. The summed E-state index contributed by atoms with van der Waals surface area (Å²) >= 11 is 0. The third-order valence-corrected chi connectivity index (χ3v) is 4.63. The van der Waals surface area contributed by atoms with Crippen molar-refractivity contribution in [2.24, 2.45) is 5.92 Å². The number of methoxy groups -OCH3 is 1. The lowest BCUT2D eigenvalue weighted by molar-refractivity contribution is 0.185. The van der Waals surface area contributed by atoms with Gasteiger partial charge in [-0.3, -0.25) is 0 Å². The molecule has 0 N–H and O–H groups in total. The van der Waals surface area contributed by atoms with Crippen molar-refractivity contribution in [3.63, 3.8) is 0 Å². The van der Waals surface area contributed by atoms with Crippen LogP contribution in [0.25, 0.3) is 0 Å². The minimum atomic E-state index is 0.719. The molecule has 110 valence electrons. The maximum Gasteiger partial charge on any atom is 0.0713 e. The molecule has 2 rings (SSSR count). The first-order valence-electron chi connectivity index (χ1n) is 8.02. The second-order valence-corrected chi connectivity index (χ2v) is 6.11.